The topological polar surface area (TPSA) is 51.1 Å². The predicted molar refractivity (Wildman–Crippen MR) is 116 cm³/mol. The molecule has 0 unspecified atom stereocenters. The van der Waals surface area contributed by atoms with Gasteiger partial charge < -0.3 is 9.47 Å². The van der Waals surface area contributed by atoms with E-state index in [1.165, 1.54) is 31.0 Å². The third-order valence-corrected chi connectivity index (χ3v) is 5.38. The summed E-state index contributed by atoms with van der Waals surface area (Å²) in [5, 5.41) is 0.945. The van der Waals surface area contributed by atoms with E-state index in [4.69, 9.17) is 21.1 Å². The highest BCUT2D eigenvalue weighted by Crippen LogP contribution is 2.39. The Morgan fingerprint density at radius 3 is 2.59 bits per heavy atom. The van der Waals surface area contributed by atoms with Gasteiger partial charge in [0.2, 0.25) is 0 Å². The first-order valence-electron chi connectivity index (χ1n) is 9.02. The second-order valence-corrected chi connectivity index (χ2v) is 7.41. The van der Waals surface area contributed by atoms with Crippen LogP contribution in [0.2, 0.25) is 5.02 Å². The third kappa shape index (κ3) is 4.74. The molecule has 152 valence electrons. The highest BCUT2D eigenvalue weighted by molar-refractivity contribution is 8.18. The quantitative estimate of drug-likeness (QED) is 0.562. The molecule has 0 aliphatic carbocycles. The first-order valence-corrected chi connectivity index (χ1v) is 10.2. The van der Waals surface area contributed by atoms with Gasteiger partial charge in [0.1, 0.15) is 5.82 Å². The van der Waals surface area contributed by atoms with E-state index in [-0.39, 0.29) is 11.7 Å². The second kappa shape index (κ2) is 9.33. The average molecular weight is 435 g/mol. The summed E-state index contributed by atoms with van der Waals surface area (Å²) in [6.07, 6.45) is 1.74. The van der Waals surface area contributed by atoms with Crippen LogP contribution < -0.4 is 9.47 Å². The summed E-state index contributed by atoms with van der Waals surface area (Å²) in [6.45, 7) is 4.66. The van der Waals surface area contributed by atoms with E-state index in [1.54, 1.807) is 35.2 Å². The van der Waals surface area contributed by atoms with Crippen molar-refractivity contribution in [1.29, 1.82) is 0 Å². The lowest BCUT2D eigenvalue weighted by Crippen LogP contribution is -2.28. The van der Waals surface area contributed by atoms with Gasteiger partial charge >= 0.3 is 0 Å². The highest BCUT2D eigenvalue weighted by atomic mass is 35.5. The number of nitrogens with zero attached hydrogens (tertiary/aromatic N) is 2. The summed E-state index contributed by atoms with van der Waals surface area (Å²) in [5.74, 6) is 0.479. The number of methoxy groups -OCH3 is 1. The van der Waals surface area contributed by atoms with Gasteiger partial charge in [-0.1, -0.05) is 11.6 Å². The lowest BCUT2D eigenvalue weighted by Gasteiger charge is -2.12. The van der Waals surface area contributed by atoms with Gasteiger partial charge in [-0.05, 0) is 73.6 Å². The molecule has 29 heavy (non-hydrogen) atoms. The molecule has 3 rings (SSSR count). The minimum absolute atomic E-state index is 0.151. The van der Waals surface area contributed by atoms with Crippen LogP contribution in [-0.2, 0) is 4.79 Å². The van der Waals surface area contributed by atoms with Crippen LogP contribution in [0.15, 0.2) is 46.3 Å². The van der Waals surface area contributed by atoms with E-state index in [0.717, 1.165) is 0 Å². The van der Waals surface area contributed by atoms with Crippen molar-refractivity contribution in [3.8, 4) is 11.5 Å². The third-order valence-electron chi connectivity index (χ3n) is 4.09. The molecule has 0 radical (unpaired) electrons. The molecule has 2 aromatic carbocycles. The van der Waals surface area contributed by atoms with Crippen LogP contribution in [0.1, 0.15) is 19.4 Å². The smallest absolute Gasteiger partial charge is 0.266 e. The van der Waals surface area contributed by atoms with Gasteiger partial charge in [-0.2, -0.15) is 0 Å². The summed E-state index contributed by atoms with van der Waals surface area (Å²) in [6, 6.07) is 9.30. The Bertz CT molecular complexity index is 977. The van der Waals surface area contributed by atoms with E-state index in [0.29, 0.717) is 51.0 Å². The molecule has 1 saturated heterocycles. The van der Waals surface area contributed by atoms with Crippen molar-refractivity contribution in [2.24, 2.45) is 4.99 Å². The molecular weight excluding hydrogens is 415 g/mol. The van der Waals surface area contributed by atoms with Gasteiger partial charge in [-0.15, -0.1) is 0 Å². The number of aliphatic imine (C=N–C) groups is 1. The van der Waals surface area contributed by atoms with Crippen molar-refractivity contribution in [1.82, 2.24) is 4.90 Å². The van der Waals surface area contributed by atoms with E-state index >= 15 is 0 Å². The maximum Gasteiger partial charge on any atom is 0.266 e. The van der Waals surface area contributed by atoms with Crippen LogP contribution in [0.4, 0.5) is 10.1 Å². The lowest BCUT2D eigenvalue weighted by atomic mass is 10.1. The number of rotatable bonds is 6. The SMILES string of the molecule is CCOc1c(Cl)cc(/C=C2/SC(=Nc3ccc(F)cc3)N(CC)C2=O)cc1OC. The Hall–Kier alpha value is -2.51. The van der Waals surface area contributed by atoms with E-state index in [2.05, 4.69) is 4.99 Å². The normalized spacial score (nSPS) is 16.7. The standard InChI is InChI=1S/C21H20ClFN2O3S/c1-4-25-20(26)18(29-21(25)24-15-8-6-14(23)7-9-15)12-13-10-16(22)19(28-5-2)17(11-13)27-3/h6-12H,4-5H2,1-3H3/b18-12+,24-21?. The van der Waals surface area contributed by atoms with Crippen LogP contribution in [0, 0.1) is 5.82 Å². The Labute approximate surface area is 178 Å². The van der Waals surface area contributed by atoms with Gasteiger partial charge in [-0.3, -0.25) is 9.69 Å². The number of hydrogen-bond acceptors (Lipinski definition) is 5. The Morgan fingerprint density at radius 2 is 1.97 bits per heavy atom. The van der Waals surface area contributed by atoms with Crippen LogP contribution in [0.25, 0.3) is 6.08 Å². The molecular formula is C21H20ClFN2O3S. The minimum atomic E-state index is -0.335. The monoisotopic (exact) mass is 434 g/mol. The first kappa shape index (κ1) is 21.2. The number of halogens is 2. The fraction of sp³-hybridized carbons (Fsp3) is 0.238. The van der Waals surface area contributed by atoms with Gasteiger partial charge in [0.15, 0.2) is 16.7 Å². The van der Waals surface area contributed by atoms with Crippen molar-refractivity contribution in [3.63, 3.8) is 0 Å². The van der Waals surface area contributed by atoms with Crippen LogP contribution in [0.3, 0.4) is 0 Å². The van der Waals surface area contributed by atoms with Crippen LogP contribution in [-0.4, -0.2) is 36.2 Å². The molecule has 0 spiro atoms. The Kier molecular flexibility index (Phi) is 6.82. The second-order valence-electron chi connectivity index (χ2n) is 6.00. The number of hydrogen-bond donors (Lipinski definition) is 0. The van der Waals surface area contributed by atoms with Crippen molar-refractivity contribution in [2.45, 2.75) is 13.8 Å². The molecule has 8 heteroatoms. The molecule has 0 saturated carbocycles. The minimum Gasteiger partial charge on any atom is -0.493 e. The summed E-state index contributed by atoms with van der Waals surface area (Å²) in [4.78, 5) is 19.4. The largest absolute Gasteiger partial charge is 0.493 e. The summed E-state index contributed by atoms with van der Waals surface area (Å²) >= 11 is 7.59. The van der Waals surface area contributed by atoms with Gasteiger partial charge in [0.25, 0.3) is 5.91 Å². The van der Waals surface area contributed by atoms with Crippen LogP contribution in [0.5, 0.6) is 11.5 Å². The Morgan fingerprint density at radius 1 is 1.24 bits per heavy atom. The van der Waals surface area contributed by atoms with Gasteiger partial charge in [-0.25, -0.2) is 9.38 Å². The van der Waals surface area contributed by atoms with Gasteiger partial charge in [0.05, 0.1) is 29.3 Å². The van der Waals surface area contributed by atoms with Crippen LogP contribution >= 0.6 is 23.4 Å². The van der Waals surface area contributed by atoms with E-state index < -0.39 is 0 Å². The maximum absolute atomic E-state index is 13.1. The lowest BCUT2D eigenvalue weighted by molar-refractivity contribution is -0.122. The summed E-state index contributed by atoms with van der Waals surface area (Å²) in [7, 11) is 1.53. The molecule has 1 amide bonds. The fourth-order valence-corrected chi connectivity index (χ4v) is 4.09. The fourth-order valence-electron chi connectivity index (χ4n) is 2.76. The van der Waals surface area contributed by atoms with E-state index in [9.17, 15) is 9.18 Å². The zero-order valence-corrected chi connectivity index (χ0v) is 17.8. The van der Waals surface area contributed by atoms with Crippen molar-refractivity contribution in [2.75, 3.05) is 20.3 Å². The average Bonchev–Trinajstić information content (AvgIpc) is 2.99. The molecule has 0 bridgehead atoms. The summed E-state index contributed by atoms with van der Waals surface area (Å²) < 4.78 is 24.0. The zero-order valence-electron chi connectivity index (χ0n) is 16.2. The molecule has 2 aromatic rings. The molecule has 0 N–H and O–H groups in total. The van der Waals surface area contributed by atoms with Crippen molar-refractivity contribution >= 4 is 46.2 Å². The number of likely N-dealkylation sites (N-methyl/N-ethyl adjacent to an activating group) is 1. The number of amides is 1. The highest BCUT2D eigenvalue weighted by Gasteiger charge is 2.32. The number of carbonyl (C=O) groups excluding carboxylic acids is 1. The molecule has 1 heterocycles. The number of carbonyl (C=O) groups is 1. The molecule has 1 fully saturated rings. The maximum atomic E-state index is 13.1. The molecule has 0 aromatic heterocycles. The van der Waals surface area contributed by atoms with Crippen molar-refractivity contribution in [3.05, 3.63) is 57.7 Å². The van der Waals surface area contributed by atoms with Crippen molar-refractivity contribution < 1.29 is 18.7 Å². The molecule has 0 atom stereocenters. The molecule has 5 nitrogen and oxygen atoms in total. The van der Waals surface area contributed by atoms with E-state index in [1.807, 2.05) is 13.8 Å². The number of benzene rings is 2. The molecule has 1 aliphatic heterocycles. The Balaban J connectivity index is 1.95. The number of amidine groups is 1. The number of ether oxygens (including phenoxy) is 2. The molecule has 1 aliphatic rings. The zero-order chi connectivity index (χ0) is 21.0. The number of thioether (sulfide) groups is 1. The predicted octanol–water partition coefficient (Wildman–Crippen LogP) is 5.51. The first-order chi connectivity index (χ1) is 14.0. The summed E-state index contributed by atoms with van der Waals surface area (Å²) in [5.41, 5.74) is 1.29. The van der Waals surface area contributed by atoms with Gasteiger partial charge in [0, 0.05) is 6.54 Å².